The summed E-state index contributed by atoms with van der Waals surface area (Å²) in [5.74, 6) is -2.50. The van der Waals surface area contributed by atoms with Gasteiger partial charge in [-0.05, 0) is 49.7 Å². The van der Waals surface area contributed by atoms with E-state index in [1.807, 2.05) is 0 Å². The summed E-state index contributed by atoms with van der Waals surface area (Å²) in [6.45, 7) is 3.03. The highest BCUT2D eigenvalue weighted by molar-refractivity contribution is 6.30. The average Bonchev–Trinajstić information content (AvgIpc) is 3.55. The molecule has 0 fully saturated rings. The molecule has 3 aromatic carbocycles. The molecule has 0 aliphatic heterocycles. The van der Waals surface area contributed by atoms with Crippen LogP contribution in [0.25, 0.3) is 16.9 Å². The van der Waals surface area contributed by atoms with Crippen LogP contribution >= 0.6 is 11.6 Å². The van der Waals surface area contributed by atoms with E-state index in [4.69, 9.17) is 26.8 Å². The van der Waals surface area contributed by atoms with Gasteiger partial charge < -0.3 is 25.8 Å². The molecule has 2 aromatic heterocycles. The predicted molar refractivity (Wildman–Crippen MR) is 186 cm³/mol. The van der Waals surface area contributed by atoms with Gasteiger partial charge in [-0.25, -0.2) is 14.5 Å². The van der Waals surface area contributed by atoms with E-state index in [9.17, 15) is 27.6 Å². The Morgan fingerprint density at radius 3 is 2.37 bits per heavy atom. The summed E-state index contributed by atoms with van der Waals surface area (Å²) in [6, 6.07) is 20.5. The number of aromatic nitrogens is 4. The number of hydrogen-bond acceptors (Lipinski definition) is 9. The molecule has 12 nitrogen and oxygen atoms in total. The molecule has 0 aliphatic rings. The molecule has 0 unspecified atom stereocenters. The lowest BCUT2D eigenvalue weighted by Gasteiger charge is -2.24. The van der Waals surface area contributed by atoms with Crippen molar-refractivity contribution in [2.75, 3.05) is 18.9 Å². The molecule has 2 amide bonds. The van der Waals surface area contributed by atoms with E-state index in [-0.39, 0.29) is 47.5 Å². The van der Waals surface area contributed by atoms with Crippen molar-refractivity contribution in [1.29, 1.82) is 0 Å². The minimum Gasteiger partial charge on any atom is -0.464 e. The molecule has 0 spiro atoms. The molecule has 5 aromatic rings. The first kappa shape index (κ1) is 37.3. The SMILES string of the molecule is CCOC(=O)[C@H](Cc1ccc(-c2cc(O[C@H](c3ccc(Cl)cc3-n3ccc(C)n3)C(F)(F)F)nc(N)n2)cc1)NC(=O)CNC(=O)c1ccccc1. The normalized spacial score (nSPS) is 12.4. The first-order valence-electron chi connectivity index (χ1n) is 15.9. The molecule has 270 valence electrons. The van der Waals surface area contributed by atoms with Crippen molar-refractivity contribution < 1.29 is 37.0 Å². The number of carbonyl (C=O) groups excluding carboxylic acids is 3. The van der Waals surface area contributed by atoms with Crippen molar-refractivity contribution in [2.45, 2.75) is 38.6 Å². The highest BCUT2D eigenvalue weighted by atomic mass is 35.5. The highest BCUT2D eigenvalue weighted by Gasteiger charge is 2.45. The molecule has 2 heterocycles. The molecule has 0 aliphatic carbocycles. The molecule has 0 saturated carbocycles. The zero-order valence-corrected chi connectivity index (χ0v) is 28.6. The summed E-state index contributed by atoms with van der Waals surface area (Å²) >= 11 is 6.14. The van der Waals surface area contributed by atoms with E-state index < -0.39 is 42.0 Å². The Bertz CT molecular complexity index is 2040. The van der Waals surface area contributed by atoms with E-state index in [1.165, 1.54) is 35.1 Å². The fourth-order valence-electron chi connectivity index (χ4n) is 5.15. The van der Waals surface area contributed by atoms with Crippen LogP contribution < -0.4 is 21.1 Å². The van der Waals surface area contributed by atoms with Crippen LogP contribution in [-0.2, 0) is 20.7 Å². The summed E-state index contributed by atoms with van der Waals surface area (Å²) in [5.41, 5.74) is 7.89. The minimum atomic E-state index is -4.88. The molecule has 52 heavy (non-hydrogen) atoms. The van der Waals surface area contributed by atoms with Gasteiger partial charge in [-0.2, -0.15) is 23.3 Å². The van der Waals surface area contributed by atoms with Crippen LogP contribution in [-0.4, -0.2) is 62.9 Å². The average molecular weight is 736 g/mol. The maximum atomic E-state index is 14.6. The van der Waals surface area contributed by atoms with Crippen LogP contribution in [0.5, 0.6) is 5.88 Å². The van der Waals surface area contributed by atoms with Gasteiger partial charge in [-0.15, -0.1) is 0 Å². The third-order valence-electron chi connectivity index (χ3n) is 7.54. The lowest BCUT2D eigenvalue weighted by molar-refractivity contribution is -0.198. The Labute approximate surface area is 301 Å². The number of hydrogen-bond donors (Lipinski definition) is 3. The summed E-state index contributed by atoms with van der Waals surface area (Å²) < 4.78 is 55.6. The lowest BCUT2D eigenvalue weighted by atomic mass is 10.0. The molecular weight excluding hydrogens is 703 g/mol. The van der Waals surface area contributed by atoms with Gasteiger partial charge in [0.15, 0.2) is 0 Å². The predicted octanol–water partition coefficient (Wildman–Crippen LogP) is 5.58. The van der Waals surface area contributed by atoms with Gasteiger partial charge in [0.25, 0.3) is 5.91 Å². The number of ether oxygens (including phenoxy) is 2. The molecule has 16 heteroatoms. The van der Waals surface area contributed by atoms with Crippen molar-refractivity contribution in [3.05, 3.63) is 119 Å². The van der Waals surface area contributed by atoms with Crippen LogP contribution in [0.4, 0.5) is 19.1 Å². The Morgan fingerprint density at radius 2 is 1.71 bits per heavy atom. The zero-order chi connectivity index (χ0) is 37.4. The van der Waals surface area contributed by atoms with Crippen molar-refractivity contribution >= 4 is 35.3 Å². The molecule has 0 saturated heterocycles. The summed E-state index contributed by atoms with van der Waals surface area (Å²) in [7, 11) is 0. The van der Waals surface area contributed by atoms with Crippen LogP contribution in [0.2, 0.25) is 5.02 Å². The number of nitrogens with one attached hydrogen (secondary N) is 2. The lowest BCUT2D eigenvalue weighted by Crippen LogP contribution is -2.47. The van der Waals surface area contributed by atoms with Crippen LogP contribution in [0.1, 0.15) is 40.2 Å². The third kappa shape index (κ3) is 9.63. The number of alkyl halides is 3. The highest BCUT2D eigenvalue weighted by Crippen LogP contribution is 2.40. The van der Waals surface area contributed by atoms with E-state index in [1.54, 1.807) is 74.5 Å². The first-order valence-corrected chi connectivity index (χ1v) is 16.3. The summed E-state index contributed by atoms with van der Waals surface area (Å²) in [5, 5.41) is 9.54. The second kappa shape index (κ2) is 16.4. The number of halogens is 4. The second-order valence-corrected chi connectivity index (χ2v) is 11.9. The number of nitrogens with two attached hydrogens (primary N) is 1. The van der Waals surface area contributed by atoms with Gasteiger partial charge in [0.05, 0.1) is 30.2 Å². The Morgan fingerprint density at radius 1 is 0.981 bits per heavy atom. The molecule has 0 bridgehead atoms. The van der Waals surface area contributed by atoms with Gasteiger partial charge in [-0.3, -0.25) is 9.59 Å². The van der Waals surface area contributed by atoms with Gasteiger partial charge >= 0.3 is 12.1 Å². The third-order valence-corrected chi connectivity index (χ3v) is 7.78. The van der Waals surface area contributed by atoms with E-state index in [2.05, 4.69) is 25.7 Å². The molecule has 2 atom stereocenters. The van der Waals surface area contributed by atoms with Gasteiger partial charge in [0, 0.05) is 40.4 Å². The monoisotopic (exact) mass is 735 g/mol. The summed E-state index contributed by atoms with van der Waals surface area (Å²) in [4.78, 5) is 45.8. The Balaban J connectivity index is 1.32. The van der Waals surface area contributed by atoms with Crippen molar-refractivity contribution in [3.63, 3.8) is 0 Å². The van der Waals surface area contributed by atoms with E-state index in [0.29, 0.717) is 22.4 Å². The first-order chi connectivity index (χ1) is 24.8. The molecule has 4 N–H and O–H groups in total. The molecular formula is C36H33ClF3N7O5. The number of esters is 1. The van der Waals surface area contributed by atoms with Crippen LogP contribution in [0.3, 0.4) is 0 Å². The standard InChI is InChI=1S/C36H33ClF3N7O5/c1-3-51-34(50)28(43-30(48)20-42-33(49)24-7-5-4-6-8-24)17-22-9-11-23(12-10-22)27-19-31(45-35(41)44-27)52-32(36(38,39)40)26-14-13-25(37)18-29(26)47-16-15-21(2)46-47/h4-16,18-19,28,32H,3,17,20H2,1-2H3,(H,42,49)(H,43,48)(H2,41,44,45)/t28-,32+/m0/s1. The van der Waals surface area contributed by atoms with Gasteiger partial charge in [-0.1, -0.05) is 60.1 Å². The van der Waals surface area contributed by atoms with Crippen molar-refractivity contribution in [2.24, 2.45) is 0 Å². The molecule has 0 radical (unpaired) electrons. The van der Waals surface area contributed by atoms with Crippen molar-refractivity contribution in [1.82, 2.24) is 30.4 Å². The number of nitrogen functional groups attached to an aromatic ring is 1. The number of rotatable bonds is 13. The minimum absolute atomic E-state index is 0.0320. The zero-order valence-electron chi connectivity index (χ0n) is 27.9. The second-order valence-electron chi connectivity index (χ2n) is 11.4. The fourth-order valence-corrected chi connectivity index (χ4v) is 5.31. The number of nitrogens with zero attached hydrogens (tertiary/aromatic N) is 4. The van der Waals surface area contributed by atoms with Gasteiger partial charge in [0.2, 0.25) is 23.8 Å². The number of carbonyl (C=O) groups is 3. The topological polar surface area (TPSA) is 163 Å². The smallest absolute Gasteiger partial charge is 0.429 e. The van der Waals surface area contributed by atoms with E-state index in [0.717, 1.165) is 0 Å². The van der Waals surface area contributed by atoms with E-state index >= 15 is 0 Å². The Hall–Kier alpha value is -5.96. The number of benzene rings is 3. The largest absolute Gasteiger partial charge is 0.464 e. The Kier molecular flexibility index (Phi) is 11.7. The van der Waals surface area contributed by atoms with Crippen LogP contribution in [0.15, 0.2) is 91.1 Å². The number of anilines is 1. The number of amides is 2. The van der Waals surface area contributed by atoms with Crippen LogP contribution in [0, 0.1) is 6.92 Å². The number of aryl methyl sites for hydroxylation is 1. The van der Waals surface area contributed by atoms with Crippen molar-refractivity contribution in [3.8, 4) is 22.8 Å². The quantitative estimate of drug-likeness (QED) is 0.131. The maximum absolute atomic E-state index is 14.6. The summed E-state index contributed by atoms with van der Waals surface area (Å²) in [6.07, 6.45) is -5.82. The molecule has 5 rings (SSSR count). The fraction of sp³-hybridized carbons (Fsp3) is 0.222. The maximum Gasteiger partial charge on any atom is 0.429 e. The van der Waals surface area contributed by atoms with Gasteiger partial charge in [0.1, 0.15) is 6.04 Å².